The Labute approximate surface area is 88.8 Å². The molecule has 0 aliphatic heterocycles. The zero-order valence-electron chi connectivity index (χ0n) is 8.77. The fraction of sp³-hybridized carbons (Fsp3) is 0.500. The van der Waals surface area contributed by atoms with Gasteiger partial charge in [0.05, 0.1) is 12.4 Å². The molecule has 1 aromatic heterocycles. The van der Waals surface area contributed by atoms with Crippen LogP contribution in [0.2, 0.25) is 0 Å². The number of aromatic nitrogens is 2. The molecule has 0 saturated heterocycles. The molecule has 5 heteroatoms. The summed E-state index contributed by atoms with van der Waals surface area (Å²) in [6.45, 7) is 1.04. The second-order valence-corrected chi connectivity index (χ2v) is 4.00. The van der Waals surface area contributed by atoms with Crippen molar-refractivity contribution in [1.29, 1.82) is 5.41 Å². The first-order valence-corrected chi connectivity index (χ1v) is 5.04. The van der Waals surface area contributed by atoms with E-state index in [1.54, 1.807) is 12.4 Å². The second-order valence-electron chi connectivity index (χ2n) is 4.00. The molecule has 1 saturated carbocycles. The van der Waals surface area contributed by atoms with Crippen LogP contribution in [0, 0.1) is 11.3 Å². The third-order valence-electron chi connectivity index (χ3n) is 2.53. The van der Waals surface area contributed by atoms with Crippen LogP contribution in [0.4, 0.5) is 5.82 Å². The number of amidine groups is 1. The van der Waals surface area contributed by atoms with Crippen molar-refractivity contribution >= 4 is 11.7 Å². The molecule has 0 aromatic carbocycles. The molecule has 0 radical (unpaired) electrons. The molecule has 1 fully saturated rings. The van der Waals surface area contributed by atoms with Gasteiger partial charge in [0.1, 0.15) is 17.3 Å². The van der Waals surface area contributed by atoms with Gasteiger partial charge in [-0.05, 0) is 18.8 Å². The van der Waals surface area contributed by atoms with Gasteiger partial charge in [0.25, 0.3) is 0 Å². The predicted octanol–water partition coefficient (Wildman–Crippen LogP) is 0.607. The second kappa shape index (κ2) is 3.84. The summed E-state index contributed by atoms with van der Waals surface area (Å²) in [5, 5.41) is 7.20. The van der Waals surface area contributed by atoms with Crippen LogP contribution >= 0.6 is 0 Å². The van der Waals surface area contributed by atoms with E-state index in [1.165, 1.54) is 12.8 Å². The molecule has 15 heavy (non-hydrogen) atoms. The Morgan fingerprint density at radius 1 is 1.53 bits per heavy atom. The van der Waals surface area contributed by atoms with E-state index >= 15 is 0 Å². The highest BCUT2D eigenvalue weighted by molar-refractivity contribution is 5.92. The SMILES string of the molecule is CN(CC1CC1)c1cnc(C(=N)N)cn1. The molecule has 0 spiro atoms. The van der Waals surface area contributed by atoms with Gasteiger partial charge >= 0.3 is 0 Å². The number of rotatable bonds is 4. The lowest BCUT2D eigenvalue weighted by Gasteiger charge is -2.17. The minimum atomic E-state index is -0.0427. The van der Waals surface area contributed by atoms with E-state index in [2.05, 4.69) is 14.9 Å². The molecular weight excluding hydrogens is 190 g/mol. The molecule has 0 amide bonds. The monoisotopic (exact) mass is 205 g/mol. The number of nitrogens with one attached hydrogen (secondary N) is 1. The van der Waals surface area contributed by atoms with Crippen LogP contribution in [0.15, 0.2) is 12.4 Å². The van der Waals surface area contributed by atoms with Gasteiger partial charge in [0.2, 0.25) is 0 Å². The Bertz CT molecular complexity index is 355. The van der Waals surface area contributed by atoms with Gasteiger partial charge in [-0.15, -0.1) is 0 Å². The zero-order valence-corrected chi connectivity index (χ0v) is 8.77. The number of hydrogen-bond donors (Lipinski definition) is 2. The highest BCUT2D eigenvalue weighted by atomic mass is 15.2. The molecule has 3 N–H and O–H groups in total. The Morgan fingerprint density at radius 2 is 2.27 bits per heavy atom. The van der Waals surface area contributed by atoms with E-state index in [0.717, 1.165) is 18.3 Å². The Morgan fingerprint density at radius 3 is 2.73 bits per heavy atom. The van der Waals surface area contributed by atoms with Gasteiger partial charge in [-0.25, -0.2) is 9.97 Å². The molecule has 2 rings (SSSR count). The summed E-state index contributed by atoms with van der Waals surface area (Å²) in [4.78, 5) is 10.4. The average molecular weight is 205 g/mol. The van der Waals surface area contributed by atoms with Gasteiger partial charge in [0.15, 0.2) is 0 Å². The Hall–Kier alpha value is -1.65. The summed E-state index contributed by atoms with van der Waals surface area (Å²) in [7, 11) is 2.01. The lowest BCUT2D eigenvalue weighted by atomic mass is 10.4. The van der Waals surface area contributed by atoms with Crippen molar-refractivity contribution in [2.45, 2.75) is 12.8 Å². The normalized spacial score (nSPS) is 15.0. The molecule has 1 aliphatic rings. The van der Waals surface area contributed by atoms with E-state index in [0.29, 0.717) is 5.69 Å². The lowest BCUT2D eigenvalue weighted by molar-refractivity contribution is 0.774. The highest BCUT2D eigenvalue weighted by Gasteiger charge is 2.23. The minimum Gasteiger partial charge on any atom is -0.382 e. The van der Waals surface area contributed by atoms with Crippen LogP contribution in [0.25, 0.3) is 0 Å². The summed E-state index contributed by atoms with van der Waals surface area (Å²) in [5.74, 6) is 1.62. The van der Waals surface area contributed by atoms with Crippen molar-refractivity contribution in [3.8, 4) is 0 Å². The van der Waals surface area contributed by atoms with E-state index in [9.17, 15) is 0 Å². The Balaban J connectivity index is 2.04. The standard InChI is InChI=1S/C10H15N5/c1-15(6-7-2-3-7)9-5-13-8(4-14-9)10(11)12/h4-5,7H,2-3,6H2,1H3,(H3,11,12). The third-order valence-corrected chi connectivity index (χ3v) is 2.53. The summed E-state index contributed by atoms with van der Waals surface area (Å²) in [6, 6.07) is 0. The Kier molecular flexibility index (Phi) is 2.53. The molecule has 80 valence electrons. The van der Waals surface area contributed by atoms with Crippen molar-refractivity contribution in [2.24, 2.45) is 11.7 Å². The van der Waals surface area contributed by atoms with Crippen molar-refractivity contribution in [3.63, 3.8) is 0 Å². The maximum atomic E-state index is 7.20. The van der Waals surface area contributed by atoms with Gasteiger partial charge in [-0.1, -0.05) is 0 Å². The van der Waals surface area contributed by atoms with Gasteiger partial charge in [-0.2, -0.15) is 0 Å². The first-order valence-electron chi connectivity index (χ1n) is 5.04. The fourth-order valence-corrected chi connectivity index (χ4v) is 1.44. The van der Waals surface area contributed by atoms with E-state index in [-0.39, 0.29) is 5.84 Å². The van der Waals surface area contributed by atoms with Crippen molar-refractivity contribution in [3.05, 3.63) is 18.1 Å². The number of anilines is 1. The third kappa shape index (κ3) is 2.43. The number of nitrogens with two attached hydrogens (primary N) is 1. The van der Waals surface area contributed by atoms with Gasteiger partial charge < -0.3 is 10.6 Å². The van der Waals surface area contributed by atoms with Crippen molar-refractivity contribution in [2.75, 3.05) is 18.5 Å². The molecule has 0 bridgehead atoms. The maximum absolute atomic E-state index is 7.20. The molecule has 0 unspecified atom stereocenters. The maximum Gasteiger partial charge on any atom is 0.146 e. The predicted molar refractivity (Wildman–Crippen MR) is 59.0 cm³/mol. The quantitative estimate of drug-likeness (QED) is 0.557. The molecule has 0 atom stereocenters. The lowest BCUT2D eigenvalue weighted by Crippen LogP contribution is -2.22. The molecule has 1 aliphatic carbocycles. The number of nitrogens with zero attached hydrogens (tertiary/aromatic N) is 3. The van der Waals surface area contributed by atoms with Crippen molar-refractivity contribution in [1.82, 2.24) is 9.97 Å². The summed E-state index contributed by atoms with van der Waals surface area (Å²) in [6.07, 6.45) is 5.85. The van der Waals surface area contributed by atoms with Crippen LogP contribution in [0.5, 0.6) is 0 Å². The fourth-order valence-electron chi connectivity index (χ4n) is 1.44. The molecule has 1 heterocycles. The van der Waals surface area contributed by atoms with Crippen LogP contribution < -0.4 is 10.6 Å². The first kappa shape index (κ1) is 9.89. The molecular formula is C10H15N5. The largest absolute Gasteiger partial charge is 0.382 e. The van der Waals surface area contributed by atoms with Gasteiger partial charge in [-0.3, -0.25) is 5.41 Å². The molecule has 1 aromatic rings. The highest BCUT2D eigenvalue weighted by Crippen LogP contribution is 2.30. The van der Waals surface area contributed by atoms with Crippen LogP contribution in [0.1, 0.15) is 18.5 Å². The number of nitrogen functional groups attached to an aromatic ring is 1. The first-order chi connectivity index (χ1) is 7.16. The summed E-state index contributed by atoms with van der Waals surface area (Å²) >= 11 is 0. The van der Waals surface area contributed by atoms with Gasteiger partial charge in [0, 0.05) is 13.6 Å². The zero-order chi connectivity index (χ0) is 10.8. The minimum absolute atomic E-state index is 0.0427. The van der Waals surface area contributed by atoms with Crippen molar-refractivity contribution < 1.29 is 0 Å². The van der Waals surface area contributed by atoms with E-state index in [1.807, 2.05) is 7.05 Å². The molecule has 5 nitrogen and oxygen atoms in total. The van der Waals surface area contributed by atoms with Crippen LogP contribution in [-0.4, -0.2) is 29.4 Å². The smallest absolute Gasteiger partial charge is 0.146 e. The van der Waals surface area contributed by atoms with E-state index < -0.39 is 0 Å². The summed E-state index contributed by atoms with van der Waals surface area (Å²) in [5.41, 5.74) is 5.73. The average Bonchev–Trinajstić information content (AvgIpc) is 3.02. The number of hydrogen-bond acceptors (Lipinski definition) is 4. The van der Waals surface area contributed by atoms with Crippen LogP contribution in [0.3, 0.4) is 0 Å². The van der Waals surface area contributed by atoms with Crippen LogP contribution in [-0.2, 0) is 0 Å². The summed E-state index contributed by atoms with van der Waals surface area (Å²) < 4.78 is 0. The topological polar surface area (TPSA) is 78.9 Å². The van der Waals surface area contributed by atoms with E-state index in [4.69, 9.17) is 11.1 Å².